The van der Waals surface area contributed by atoms with Gasteiger partial charge in [-0.1, -0.05) is 12.1 Å². The Hall–Kier alpha value is -4.49. The molecule has 1 saturated heterocycles. The molecule has 2 aromatic carbocycles. The van der Waals surface area contributed by atoms with Crippen molar-refractivity contribution in [3.63, 3.8) is 0 Å². The first-order chi connectivity index (χ1) is 20.5. The molecule has 2 heterocycles. The zero-order valence-electron chi connectivity index (χ0n) is 24.7. The molecule has 2 unspecified atom stereocenters. The normalized spacial score (nSPS) is 15.3. The summed E-state index contributed by atoms with van der Waals surface area (Å²) in [6.45, 7) is 6.44. The van der Waals surface area contributed by atoms with Crippen LogP contribution in [0.5, 0.6) is 5.75 Å². The highest BCUT2D eigenvalue weighted by Gasteiger charge is 2.30. The molecule has 2 amide bonds. The number of amides is 2. The molecule has 0 aliphatic carbocycles. The molecular weight excluding hydrogens is 563 g/mol. The van der Waals surface area contributed by atoms with Gasteiger partial charge in [-0.15, -0.1) is 0 Å². The van der Waals surface area contributed by atoms with E-state index in [4.69, 9.17) is 18.9 Å². The number of halogens is 1. The van der Waals surface area contributed by atoms with Gasteiger partial charge in [0.25, 0.3) is 0 Å². The van der Waals surface area contributed by atoms with E-state index in [2.05, 4.69) is 10.6 Å². The van der Waals surface area contributed by atoms with Crippen LogP contribution in [0, 0.1) is 5.82 Å². The summed E-state index contributed by atoms with van der Waals surface area (Å²) in [6, 6.07) is 8.10. The number of anilines is 2. The second kappa shape index (κ2) is 13.7. The summed E-state index contributed by atoms with van der Waals surface area (Å²) >= 11 is 0. The first-order valence-corrected chi connectivity index (χ1v) is 13.8. The Morgan fingerprint density at radius 1 is 1.14 bits per heavy atom. The lowest BCUT2D eigenvalue weighted by atomic mass is 10.1. The van der Waals surface area contributed by atoms with Crippen molar-refractivity contribution in [2.24, 2.45) is 0 Å². The molecule has 1 aromatic heterocycles. The van der Waals surface area contributed by atoms with Crippen molar-refractivity contribution in [3.05, 3.63) is 58.1 Å². The number of aromatic nitrogens is 1. The van der Waals surface area contributed by atoms with E-state index >= 15 is 4.39 Å². The van der Waals surface area contributed by atoms with Crippen LogP contribution in [-0.4, -0.2) is 68.3 Å². The van der Waals surface area contributed by atoms with E-state index < -0.39 is 29.4 Å². The van der Waals surface area contributed by atoms with Crippen LogP contribution in [0.2, 0.25) is 0 Å². The molecule has 1 aliphatic rings. The van der Waals surface area contributed by atoms with Gasteiger partial charge in [-0.25, -0.2) is 9.18 Å². The highest BCUT2D eigenvalue weighted by molar-refractivity contribution is 6.05. The number of rotatable bonds is 11. The third kappa shape index (κ3) is 6.95. The molecule has 1 aliphatic heterocycles. The molecule has 0 spiro atoms. The molecule has 43 heavy (non-hydrogen) atoms. The fourth-order valence-corrected chi connectivity index (χ4v) is 4.94. The Kier molecular flexibility index (Phi) is 9.99. The topological polar surface area (TPSA) is 137 Å². The number of para-hydroxylation sites is 2. The predicted molar refractivity (Wildman–Crippen MR) is 157 cm³/mol. The second-order valence-corrected chi connectivity index (χ2v) is 9.95. The zero-order valence-corrected chi connectivity index (χ0v) is 24.7. The van der Waals surface area contributed by atoms with Crippen molar-refractivity contribution < 1.29 is 37.7 Å². The Bertz CT molecular complexity index is 1590. The lowest BCUT2D eigenvalue weighted by Gasteiger charge is -2.24. The van der Waals surface area contributed by atoms with Crippen LogP contribution in [0.3, 0.4) is 0 Å². The molecule has 0 bridgehead atoms. The smallest absolute Gasteiger partial charge is 0.343 e. The molecule has 4 rings (SSSR count). The van der Waals surface area contributed by atoms with Crippen LogP contribution < -0.4 is 25.7 Å². The summed E-state index contributed by atoms with van der Waals surface area (Å²) in [4.78, 5) is 52.4. The second-order valence-electron chi connectivity index (χ2n) is 9.95. The Morgan fingerprint density at radius 2 is 1.88 bits per heavy atom. The predicted octanol–water partition coefficient (Wildman–Crippen LogP) is 3.33. The number of ether oxygens (including phenoxy) is 4. The average Bonchev–Trinajstić information content (AvgIpc) is 3.42. The summed E-state index contributed by atoms with van der Waals surface area (Å²) in [5, 5.41) is 5.09. The molecule has 3 aromatic rings. The van der Waals surface area contributed by atoms with Crippen LogP contribution in [-0.2, 0) is 23.8 Å². The Labute approximate surface area is 247 Å². The number of pyridine rings is 1. The van der Waals surface area contributed by atoms with Gasteiger partial charge in [-0.05, 0) is 38.5 Å². The maximum atomic E-state index is 16.3. The van der Waals surface area contributed by atoms with Gasteiger partial charge in [0.05, 0.1) is 34.6 Å². The summed E-state index contributed by atoms with van der Waals surface area (Å²) in [7, 11) is 1.49. The number of carbonyl (C=O) groups is 3. The van der Waals surface area contributed by atoms with Crippen LogP contribution >= 0.6 is 0 Å². The van der Waals surface area contributed by atoms with Gasteiger partial charge in [-0.2, -0.15) is 0 Å². The van der Waals surface area contributed by atoms with E-state index in [1.54, 1.807) is 43.0 Å². The molecule has 13 heteroatoms. The van der Waals surface area contributed by atoms with Gasteiger partial charge >= 0.3 is 5.97 Å². The molecule has 2 N–H and O–H groups in total. The summed E-state index contributed by atoms with van der Waals surface area (Å²) in [5.41, 5.74) is -0.842. The van der Waals surface area contributed by atoms with E-state index in [0.29, 0.717) is 30.9 Å². The summed E-state index contributed by atoms with van der Waals surface area (Å²) < 4.78 is 39.4. The number of hydrogen-bond donors (Lipinski definition) is 2. The quantitative estimate of drug-likeness (QED) is 0.252. The van der Waals surface area contributed by atoms with Gasteiger partial charge < -0.3 is 39.0 Å². The highest BCUT2D eigenvalue weighted by atomic mass is 19.1. The fraction of sp³-hybridized carbons (Fsp3) is 0.400. The number of esters is 1. The summed E-state index contributed by atoms with van der Waals surface area (Å²) in [5.74, 6) is -2.25. The standard InChI is InChI=1S/C30H35FN4O8/c1-6-41-30(39)21-15-35(22-9-7-8-10-25(22)43-16-42-19(4)40-5)23-13-24(34-12-11-20(14-34)32-17(2)36)27(31)28(33-18(3)37)26(23)29(21)38/h7-10,13,15,19-20H,6,11-12,14,16H2,1-5H3,(H,32,36)(H,33,37). The monoisotopic (exact) mass is 598 g/mol. The van der Waals surface area contributed by atoms with E-state index in [9.17, 15) is 19.2 Å². The molecular formula is C30H35FN4O8. The fourth-order valence-electron chi connectivity index (χ4n) is 4.94. The van der Waals surface area contributed by atoms with Gasteiger partial charge in [0, 0.05) is 46.3 Å². The van der Waals surface area contributed by atoms with E-state index in [1.165, 1.54) is 37.8 Å². The van der Waals surface area contributed by atoms with E-state index in [1.807, 2.05) is 0 Å². The van der Waals surface area contributed by atoms with E-state index in [-0.39, 0.29) is 53.2 Å². The van der Waals surface area contributed by atoms with Crippen molar-refractivity contribution >= 4 is 40.1 Å². The molecule has 12 nitrogen and oxygen atoms in total. The number of methoxy groups -OCH3 is 1. The SMILES string of the molecule is CCOC(=O)c1cn(-c2ccccc2OCOC(C)OC)c2cc(N3CCC(NC(C)=O)C3)c(F)c(NC(C)=O)c2c1=O. The molecule has 230 valence electrons. The third-order valence-electron chi connectivity index (χ3n) is 6.92. The average molecular weight is 599 g/mol. The maximum absolute atomic E-state index is 16.3. The minimum absolute atomic E-state index is 0.00130. The Morgan fingerprint density at radius 3 is 2.56 bits per heavy atom. The lowest BCUT2D eigenvalue weighted by molar-refractivity contribution is -0.149. The van der Waals surface area contributed by atoms with Crippen LogP contribution in [0.25, 0.3) is 16.6 Å². The first kappa shape index (κ1) is 31.4. The van der Waals surface area contributed by atoms with E-state index in [0.717, 1.165) is 0 Å². The van der Waals surface area contributed by atoms with Gasteiger partial charge in [0.2, 0.25) is 17.2 Å². The van der Waals surface area contributed by atoms with Gasteiger partial charge in [0.15, 0.2) is 18.9 Å². The Balaban J connectivity index is 1.99. The van der Waals surface area contributed by atoms with Crippen LogP contribution in [0.1, 0.15) is 44.5 Å². The van der Waals surface area contributed by atoms with Crippen molar-refractivity contribution in [1.29, 1.82) is 0 Å². The minimum atomic E-state index is -0.908. The van der Waals surface area contributed by atoms with Crippen molar-refractivity contribution in [1.82, 2.24) is 9.88 Å². The van der Waals surface area contributed by atoms with Crippen LogP contribution in [0.4, 0.5) is 15.8 Å². The number of fused-ring (bicyclic) bond motifs is 1. The number of benzene rings is 2. The first-order valence-electron chi connectivity index (χ1n) is 13.8. The molecule has 0 radical (unpaired) electrons. The largest absolute Gasteiger partial charge is 0.465 e. The van der Waals surface area contributed by atoms with Crippen molar-refractivity contribution in [3.8, 4) is 11.4 Å². The maximum Gasteiger partial charge on any atom is 0.343 e. The molecule has 1 fully saturated rings. The minimum Gasteiger partial charge on any atom is -0.465 e. The zero-order chi connectivity index (χ0) is 31.3. The summed E-state index contributed by atoms with van der Waals surface area (Å²) in [6.07, 6.45) is 1.34. The third-order valence-corrected chi connectivity index (χ3v) is 6.92. The van der Waals surface area contributed by atoms with Gasteiger partial charge in [-0.3, -0.25) is 14.4 Å². The highest BCUT2D eigenvalue weighted by Crippen LogP contribution is 2.37. The van der Waals surface area contributed by atoms with Crippen molar-refractivity contribution in [2.75, 3.05) is 43.8 Å². The van der Waals surface area contributed by atoms with Gasteiger partial charge in [0.1, 0.15) is 11.3 Å². The number of nitrogens with one attached hydrogen (secondary N) is 2. The van der Waals surface area contributed by atoms with Crippen molar-refractivity contribution in [2.45, 2.75) is 46.4 Å². The lowest BCUT2D eigenvalue weighted by Crippen LogP contribution is -2.35. The molecule has 2 atom stereocenters. The number of carbonyl (C=O) groups excluding carboxylic acids is 3. The van der Waals surface area contributed by atoms with Crippen LogP contribution in [0.15, 0.2) is 41.3 Å². The number of nitrogens with zero attached hydrogens (tertiary/aromatic N) is 2. The number of hydrogen-bond acceptors (Lipinski definition) is 9. The molecule has 0 saturated carbocycles.